The van der Waals surface area contributed by atoms with E-state index in [9.17, 15) is 24.3 Å². The van der Waals surface area contributed by atoms with Crippen LogP contribution in [-0.4, -0.2) is 63.5 Å². The van der Waals surface area contributed by atoms with Crippen LogP contribution in [0.1, 0.15) is 121 Å². The van der Waals surface area contributed by atoms with Gasteiger partial charge in [-0.3, -0.25) is 14.5 Å². The second-order valence-electron chi connectivity index (χ2n) is 19.3. The Labute approximate surface area is 367 Å². The number of nitrogens with zero attached hydrogens (tertiary/aromatic N) is 2. The summed E-state index contributed by atoms with van der Waals surface area (Å²) in [7, 11) is 3.65. The van der Waals surface area contributed by atoms with Crippen LogP contribution in [0.5, 0.6) is 0 Å². The molecule has 61 heavy (non-hydrogen) atoms. The summed E-state index contributed by atoms with van der Waals surface area (Å²) in [5.74, 6) is 3.22. The molecule has 4 fully saturated rings. The fourth-order valence-electron chi connectivity index (χ4n) is 13.5. The minimum atomic E-state index is -0.869. The molecule has 10 aliphatic rings. The van der Waals surface area contributed by atoms with Crippen molar-refractivity contribution < 1.29 is 33.8 Å². The number of hydrogen-bond acceptors (Lipinski definition) is 11. The molecule has 5 heterocycles. The summed E-state index contributed by atoms with van der Waals surface area (Å²) in [6.45, 7) is 2.59. The summed E-state index contributed by atoms with van der Waals surface area (Å²) in [6, 6.07) is 3.98. The number of hydrogen-bond donors (Lipinski definition) is 2. The van der Waals surface area contributed by atoms with Gasteiger partial charge in [-0.25, -0.2) is 14.6 Å². The molecule has 1 spiro atoms. The SMILES string of the molecule is CCC1(C=C2OC(=O)C3=C2CCC2C4CCC5(C6=CCC(C7CCC(CCCO)CC7)CSSCNc7cc(ccn7)C(CN7C(=O)C=CC7=O)C4=C5C(=O)O6)C32)CCCC1. The first-order valence-corrected chi connectivity index (χ1v) is 25.7. The molecule has 4 aliphatic heterocycles. The monoisotopic (exact) mass is 865 g/mol. The number of fused-ring (bicyclic) bond motifs is 3. The molecule has 6 atom stereocenters. The van der Waals surface area contributed by atoms with Crippen LogP contribution in [0, 0.1) is 46.3 Å². The zero-order valence-electron chi connectivity index (χ0n) is 35.3. The van der Waals surface area contributed by atoms with E-state index in [1.807, 2.05) is 22.9 Å². The molecule has 10 nitrogen and oxygen atoms in total. The number of nitrogens with one attached hydrogen (secondary N) is 1. The second-order valence-corrected chi connectivity index (χ2v) is 21.8. The second kappa shape index (κ2) is 16.8. The van der Waals surface area contributed by atoms with E-state index >= 15 is 0 Å². The molecule has 0 aromatic carbocycles. The number of allylic oxidation sites excluding steroid dienone is 4. The molecule has 7 bridgehead atoms. The Bertz CT molecular complexity index is 2130. The van der Waals surface area contributed by atoms with Crippen molar-refractivity contribution in [3.05, 3.63) is 82.0 Å². The topological polar surface area (TPSA) is 135 Å². The first-order valence-electron chi connectivity index (χ1n) is 23.2. The van der Waals surface area contributed by atoms with E-state index < -0.39 is 11.3 Å². The van der Waals surface area contributed by atoms with Crippen LogP contribution in [0.2, 0.25) is 0 Å². The maximum absolute atomic E-state index is 15.0. The quantitative estimate of drug-likeness (QED) is 0.147. The fraction of sp³-hybridized carbons (Fsp3) is 0.612. The number of carbonyl (C=O) groups is 4. The van der Waals surface area contributed by atoms with Gasteiger partial charge in [-0.1, -0.05) is 54.2 Å². The van der Waals surface area contributed by atoms with E-state index in [-0.39, 0.29) is 60.1 Å². The Balaban J connectivity index is 1.13. The van der Waals surface area contributed by atoms with Crippen LogP contribution in [-0.2, 0) is 28.7 Å². The lowest BCUT2D eigenvalue weighted by molar-refractivity contribution is -0.137. The van der Waals surface area contributed by atoms with Crippen molar-refractivity contribution in [3.8, 4) is 0 Å². The van der Waals surface area contributed by atoms with Gasteiger partial charge in [-0.05, 0) is 147 Å². The number of aliphatic hydroxyl groups excluding tert-OH is 1. The van der Waals surface area contributed by atoms with Crippen LogP contribution < -0.4 is 5.32 Å². The normalized spacial score (nSPS) is 35.0. The van der Waals surface area contributed by atoms with Gasteiger partial charge in [-0.2, -0.15) is 0 Å². The van der Waals surface area contributed by atoms with Gasteiger partial charge in [0.25, 0.3) is 11.8 Å². The standard InChI is InChI=1S/C49H59N3O7S2/c1-2-48(19-3-4-20-48)25-37-35-13-12-34-33-17-21-49(44(34)43(35)46(56)58-37)38-14-11-32(30-9-7-29(8-10-30)6-5-23-53)27-60-61-28-51-39-24-31(18-22-50-39)36(42(33)45(49)47(57)59-38)26-52-40(54)15-16-41(52)55/h14-16,18,22,24-25,29-30,32-34,36,44,53H,2-13,17,19-21,23,26-28H2,1H3,(H,50,51). The molecule has 6 aliphatic carbocycles. The maximum atomic E-state index is 15.0. The van der Waals surface area contributed by atoms with Crippen molar-refractivity contribution in [1.82, 2.24) is 9.88 Å². The predicted octanol–water partition coefficient (Wildman–Crippen LogP) is 9.32. The molecule has 0 radical (unpaired) electrons. The Morgan fingerprint density at radius 2 is 1.77 bits per heavy atom. The predicted molar refractivity (Wildman–Crippen MR) is 236 cm³/mol. The van der Waals surface area contributed by atoms with Crippen LogP contribution in [0.15, 0.2) is 76.4 Å². The summed E-state index contributed by atoms with van der Waals surface area (Å²) in [5.41, 5.74) is 3.42. The Hall–Kier alpha value is -3.61. The number of esters is 2. The third-order valence-corrected chi connectivity index (χ3v) is 18.8. The molecule has 2 amide bonds. The van der Waals surface area contributed by atoms with Gasteiger partial charge in [0.15, 0.2) is 0 Å². The number of amides is 2. The van der Waals surface area contributed by atoms with E-state index in [1.54, 1.807) is 17.0 Å². The van der Waals surface area contributed by atoms with Crippen molar-refractivity contribution in [2.45, 2.75) is 116 Å². The molecule has 2 N–H and O–H groups in total. The van der Waals surface area contributed by atoms with Gasteiger partial charge in [0.1, 0.15) is 17.3 Å². The highest BCUT2D eigenvalue weighted by molar-refractivity contribution is 8.76. The number of pyridine rings is 1. The van der Waals surface area contributed by atoms with Gasteiger partial charge < -0.3 is 19.9 Å². The molecular weight excluding hydrogens is 807 g/mol. The van der Waals surface area contributed by atoms with Crippen LogP contribution in [0.4, 0.5) is 5.82 Å². The van der Waals surface area contributed by atoms with E-state index in [2.05, 4.69) is 24.4 Å². The highest BCUT2D eigenvalue weighted by atomic mass is 33.1. The largest absolute Gasteiger partial charge is 0.427 e. The van der Waals surface area contributed by atoms with Gasteiger partial charge in [0, 0.05) is 60.2 Å². The lowest BCUT2D eigenvalue weighted by Crippen LogP contribution is -2.53. The number of imide groups is 1. The number of ether oxygens (including phenoxy) is 2. The van der Waals surface area contributed by atoms with Crippen molar-refractivity contribution in [1.29, 1.82) is 0 Å². The number of cyclic esters (lactones) is 1. The number of carbonyl (C=O) groups excluding carboxylic acids is 4. The van der Waals surface area contributed by atoms with E-state index in [0.29, 0.717) is 47.2 Å². The molecular formula is C49H59N3O7S2. The number of aromatic nitrogens is 1. The van der Waals surface area contributed by atoms with Crippen LogP contribution in [0.3, 0.4) is 0 Å². The van der Waals surface area contributed by atoms with Gasteiger partial charge in [0.2, 0.25) is 0 Å². The molecule has 324 valence electrons. The molecule has 1 aromatic heterocycles. The molecule has 12 heteroatoms. The number of anilines is 1. The Kier molecular flexibility index (Phi) is 11.4. The summed E-state index contributed by atoms with van der Waals surface area (Å²) < 4.78 is 13.0. The first kappa shape index (κ1) is 41.4. The molecule has 1 aromatic rings. The fourth-order valence-corrected chi connectivity index (χ4v) is 15.7. The van der Waals surface area contributed by atoms with Crippen LogP contribution in [0.25, 0.3) is 0 Å². The summed E-state index contributed by atoms with van der Waals surface area (Å²) >= 11 is 0. The van der Waals surface area contributed by atoms with Gasteiger partial charge in [0.05, 0.1) is 16.9 Å². The summed E-state index contributed by atoms with van der Waals surface area (Å²) in [4.78, 5) is 62.1. The highest BCUT2D eigenvalue weighted by Crippen LogP contribution is 2.72. The smallest absolute Gasteiger partial charge is 0.340 e. The first-order chi connectivity index (χ1) is 29.7. The van der Waals surface area contributed by atoms with E-state index in [0.717, 1.165) is 104 Å². The third-order valence-electron chi connectivity index (χ3n) is 16.6. The van der Waals surface area contributed by atoms with Crippen molar-refractivity contribution in [2.75, 3.05) is 30.1 Å². The Morgan fingerprint density at radius 3 is 2.54 bits per heavy atom. The molecule has 6 unspecified atom stereocenters. The van der Waals surface area contributed by atoms with E-state index in [4.69, 9.17) is 14.5 Å². The third kappa shape index (κ3) is 7.18. The maximum Gasteiger partial charge on any atom is 0.340 e. The minimum Gasteiger partial charge on any atom is -0.427 e. The number of aliphatic hydroxyl groups is 1. The van der Waals surface area contributed by atoms with Crippen LogP contribution >= 0.6 is 21.6 Å². The minimum absolute atomic E-state index is 0.0329. The van der Waals surface area contributed by atoms with Gasteiger partial charge in [-0.15, -0.1) is 0 Å². The number of rotatable bonds is 8. The molecule has 11 rings (SSSR count). The highest BCUT2D eigenvalue weighted by Gasteiger charge is 2.69. The van der Waals surface area contributed by atoms with E-state index in [1.165, 1.54) is 42.7 Å². The molecule has 1 saturated heterocycles. The molecule has 3 saturated carbocycles. The summed E-state index contributed by atoms with van der Waals surface area (Å²) in [5, 5.41) is 13.0. The van der Waals surface area contributed by atoms with Gasteiger partial charge >= 0.3 is 11.9 Å². The average Bonchev–Trinajstić information content (AvgIpc) is 4.04. The summed E-state index contributed by atoms with van der Waals surface area (Å²) in [6.07, 6.45) is 25.0. The average molecular weight is 866 g/mol. The van der Waals surface area contributed by atoms with Crippen molar-refractivity contribution in [3.63, 3.8) is 0 Å². The lowest BCUT2D eigenvalue weighted by atomic mass is 9.43. The van der Waals surface area contributed by atoms with Crippen molar-refractivity contribution >= 4 is 51.2 Å². The zero-order chi connectivity index (χ0) is 41.9. The lowest BCUT2D eigenvalue weighted by Gasteiger charge is -2.57. The Morgan fingerprint density at radius 1 is 0.967 bits per heavy atom. The zero-order valence-corrected chi connectivity index (χ0v) is 37.0. The van der Waals surface area contributed by atoms with Crippen molar-refractivity contribution in [2.24, 2.45) is 46.3 Å².